The first-order valence-electron chi connectivity index (χ1n) is 10.1. The number of benzene rings is 1. The summed E-state index contributed by atoms with van der Waals surface area (Å²) in [5, 5.41) is 14.4. The van der Waals surface area contributed by atoms with Gasteiger partial charge in [-0.15, -0.1) is 0 Å². The van der Waals surface area contributed by atoms with Crippen LogP contribution >= 0.6 is 0 Å². The maximum atomic E-state index is 5.71. The first-order chi connectivity index (χ1) is 13.2. The van der Waals surface area contributed by atoms with E-state index in [1.54, 1.807) is 7.11 Å². The molecule has 1 rings (SSSR count). The highest BCUT2D eigenvalue weighted by Crippen LogP contribution is 2.27. The van der Waals surface area contributed by atoms with Gasteiger partial charge >= 0.3 is 0 Å². The van der Waals surface area contributed by atoms with Crippen molar-refractivity contribution in [2.75, 3.05) is 32.6 Å². The lowest BCUT2D eigenvalue weighted by molar-refractivity contribution is 0.246. The summed E-state index contributed by atoms with van der Waals surface area (Å²) in [6.07, 6.45) is 4.02. The lowest BCUT2D eigenvalue weighted by Crippen LogP contribution is -2.29. The molecular weight excluding hydrogens is 350 g/mol. The molecule has 0 aliphatic rings. The molecular formula is C22H39N5O. The van der Waals surface area contributed by atoms with E-state index in [9.17, 15) is 0 Å². The molecule has 1 aromatic rings. The van der Waals surface area contributed by atoms with E-state index in [1.165, 1.54) is 5.57 Å². The largest absolute Gasteiger partial charge is 0.497 e. The van der Waals surface area contributed by atoms with E-state index in [4.69, 9.17) is 10.5 Å². The van der Waals surface area contributed by atoms with Gasteiger partial charge in [0.2, 0.25) is 0 Å². The number of nitrogens with two attached hydrogens (primary N) is 1. The number of hydrogen-bond donors (Lipinski definition) is 2. The normalized spacial score (nSPS) is 14.8. The number of rotatable bonds is 12. The lowest BCUT2D eigenvalue weighted by atomic mass is 9.83. The molecule has 0 aromatic heterocycles. The number of ether oxygens (including phenoxy) is 1. The summed E-state index contributed by atoms with van der Waals surface area (Å²) in [6.45, 7) is 12.2. The molecule has 2 unspecified atom stereocenters. The average Bonchev–Trinajstić information content (AvgIpc) is 2.68. The molecule has 0 fully saturated rings. The molecule has 0 bridgehead atoms. The van der Waals surface area contributed by atoms with Gasteiger partial charge in [0.05, 0.1) is 13.2 Å². The first kappa shape index (κ1) is 24.0. The minimum atomic E-state index is 0.0546. The number of allylic oxidation sites excluding steroid dienone is 1. The zero-order chi connectivity index (χ0) is 21.2. The Morgan fingerprint density at radius 3 is 2.50 bits per heavy atom. The van der Waals surface area contributed by atoms with Gasteiger partial charge in [0, 0.05) is 25.3 Å². The van der Waals surface area contributed by atoms with Crippen molar-refractivity contribution < 1.29 is 4.74 Å². The van der Waals surface area contributed by atoms with Crippen molar-refractivity contribution in [1.82, 2.24) is 5.01 Å². The van der Waals surface area contributed by atoms with E-state index in [1.807, 2.05) is 36.3 Å². The summed E-state index contributed by atoms with van der Waals surface area (Å²) in [6, 6.07) is 8.38. The molecule has 1 aromatic carbocycles. The van der Waals surface area contributed by atoms with Crippen LogP contribution in [0.25, 0.3) is 0 Å². The van der Waals surface area contributed by atoms with E-state index in [0.29, 0.717) is 6.54 Å². The topological polar surface area (TPSA) is 75.2 Å². The summed E-state index contributed by atoms with van der Waals surface area (Å²) in [7, 11) is 3.65. The maximum absolute atomic E-state index is 5.71. The summed E-state index contributed by atoms with van der Waals surface area (Å²) in [5.74, 6) is 0.858. The van der Waals surface area contributed by atoms with Crippen LogP contribution in [0, 0.1) is 5.41 Å². The SMILES string of the molecule is C/C=C(\C)C(CCN(C)/N=N\C(C)C(C)(C)CCN)Nc1ccc(OC)cc1. The van der Waals surface area contributed by atoms with Crippen molar-refractivity contribution in [1.29, 1.82) is 0 Å². The number of nitrogens with one attached hydrogen (secondary N) is 1. The maximum Gasteiger partial charge on any atom is 0.119 e. The van der Waals surface area contributed by atoms with Crippen molar-refractivity contribution in [2.24, 2.45) is 21.5 Å². The molecule has 158 valence electrons. The fourth-order valence-electron chi connectivity index (χ4n) is 2.77. The van der Waals surface area contributed by atoms with Crippen LogP contribution in [-0.2, 0) is 0 Å². The van der Waals surface area contributed by atoms with E-state index in [0.717, 1.165) is 30.8 Å². The average molecular weight is 390 g/mol. The van der Waals surface area contributed by atoms with Gasteiger partial charge in [-0.05, 0) is 69.8 Å². The van der Waals surface area contributed by atoms with Crippen molar-refractivity contribution in [2.45, 2.75) is 59.5 Å². The summed E-state index contributed by atoms with van der Waals surface area (Å²) < 4.78 is 5.23. The molecule has 0 aliphatic heterocycles. The Bertz CT molecular complexity index is 624. The van der Waals surface area contributed by atoms with Crippen LogP contribution in [0.1, 0.15) is 47.5 Å². The molecule has 2 atom stereocenters. The van der Waals surface area contributed by atoms with E-state index in [2.05, 4.69) is 56.3 Å². The highest BCUT2D eigenvalue weighted by molar-refractivity contribution is 5.48. The van der Waals surface area contributed by atoms with Gasteiger partial charge in [-0.3, -0.25) is 5.01 Å². The molecule has 28 heavy (non-hydrogen) atoms. The molecule has 0 saturated heterocycles. The monoisotopic (exact) mass is 389 g/mol. The Labute approximate surface area is 171 Å². The Hall–Kier alpha value is -2.08. The van der Waals surface area contributed by atoms with Gasteiger partial charge in [-0.25, -0.2) is 0 Å². The Kier molecular flexibility index (Phi) is 10.0. The fourth-order valence-corrected chi connectivity index (χ4v) is 2.77. The molecule has 0 amide bonds. The fraction of sp³-hybridized carbons (Fsp3) is 0.636. The van der Waals surface area contributed by atoms with Gasteiger partial charge in [0.15, 0.2) is 0 Å². The van der Waals surface area contributed by atoms with E-state index in [-0.39, 0.29) is 17.5 Å². The van der Waals surface area contributed by atoms with Crippen molar-refractivity contribution >= 4 is 5.69 Å². The molecule has 6 nitrogen and oxygen atoms in total. The smallest absolute Gasteiger partial charge is 0.119 e. The second kappa shape index (κ2) is 11.7. The zero-order valence-corrected chi connectivity index (χ0v) is 18.7. The zero-order valence-electron chi connectivity index (χ0n) is 18.7. The van der Waals surface area contributed by atoms with Crippen LogP contribution in [0.15, 0.2) is 46.3 Å². The number of anilines is 1. The molecule has 0 heterocycles. The van der Waals surface area contributed by atoms with Crippen LogP contribution < -0.4 is 15.8 Å². The lowest BCUT2D eigenvalue weighted by Gasteiger charge is -2.28. The Morgan fingerprint density at radius 1 is 1.32 bits per heavy atom. The minimum absolute atomic E-state index is 0.0546. The van der Waals surface area contributed by atoms with Crippen LogP contribution in [0.3, 0.4) is 0 Å². The number of hydrogen-bond acceptors (Lipinski definition) is 5. The molecule has 0 aliphatic carbocycles. The van der Waals surface area contributed by atoms with Crippen LogP contribution in [0.2, 0.25) is 0 Å². The van der Waals surface area contributed by atoms with Gasteiger partial charge < -0.3 is 15.8 Å². The van der Waals surface area contributed by atoms with Gasteiger partial charge in [0.1, 0.15) is 5.75 Å². The number of nitrogens with zero attached hydrogens (tertiary/aromatic N) is 3. The minimum Gasteiger partial charge on any atom is -0.497 e. The predicted molar refractivity (Wildman–Crippen MR) is 119 cm³/mol. The third-order valence-electron chi connectivity index (χ3n) is 5.47. The van der Waals surface area contributed by atoms with Crippen molar-refractivity contribution in [3.63, 3.8) is 0 Å². The van der Waals surface area contributed by atoms with Crippen LogP contribution in [0.5, 0.6) is 5.75 Å². The van der Waals surface area contributed by atoms with Crippen molar-refractivity contribution in [3.05, 3.63) is 35.9 Å². The highest BCUT2D eigenvalue weighted by atomic mass is 16.5. The summed E-state index contributed by atoms with van der Waals surface area (Å²) in [5.41, 5.74) is 8.14. The first-order valence-corrected chi connectivity index (χ1v) is 10.1. The molecule has 6 heteroatoms. The van der Waals surface area contributed by atoms with Gasteiger partial charge in [-0.1, -0.05) is 30.7 Å². The second-order valence-electron chi connectivity index (χ2n) is 8.04. The van der Waals surface area contributed by atoms with E-state index >= 15 is 0 Å². The Morgan fingerprint density at radius 2 is 1.96 bits per heavy atom. The standard InChI is InChI=1S/C22H39N5O/c1-8-17(2)21(24-19-9-11-20(28-7)12-10-19)13-16-27(6)26-25-18(3)22(4,5)14-15-23/h8-12,18,21,24H,13-16,23H2,1-7H3/b17-8+,26-25-. The van der Waals surface area contributed by atoms with Crippen LogP contribution in [-0.4, -0.2) is 44.3 Å². The third-order valence-corrected chi connectivity index (χ3v) is 5.47. The summed E-state index contributed by atoms with van der Waals surface area (Å²) in [4.78, 5) is 0. The van der Waals surface area contributed by atoms with E-state index < -0.39 is 0 Å². The quantitative estimate of drug-likeness (QED) is 0.303. The third kappa shape index (κ3) is 7.89. The molecule has 3 N–H and O–H groups in total. The second-order valence-corrected chi connectivity index (χ2v) is 8.04. The Balaban J connectivity index is 2.65. The highest BCUT2D eigenvalue weighted by Gasteiger charge is 2.25. The van der Waals surface area contributed by atoms with Crippen molar-refractivity contribution in [3.8, 4) is 5.75 Å². The van der Waals surface area contributed by atoms with Gasteiger partial charge in [0.25, 0.3) is 0 Å². The predicted octanol–water partition coefficient (Wildman–Crippen LogP) is 4.89. The van der Waals surface area contributed by atoms with Crippen LogP contribution in [0.4, 0.5) is 5.69 Å². The number of methoxy groups -OCH3 is 1. The van der Waals surface area contributed by atoms with Gasteiger partial charge in [-0.2, -0.15) is 5.11 Å². The summed E-state index contributed by atoms with van der Waals surface area (Å²) >= 11 is 0. The molecule has 0 saturated carbocycles. The molecule has 0 spiro atoms. The molecule has 0 radical (unpaired) electrons.